The Labute approximate surface area is 356 Å². The zero-order valence-corrected chi connectivity index (χ0v) is 37.8. The van der Waals surface area contributed by atoms with Crippen LogP contribution in [0.2, 0.25) is 0 Å². The van der Waals surface area contributed by atoms with Crippen LogP contribution in [-0.4, -0.2) is 45.7 Å². The van der Waals surface area contributed by atoms with Gasteiger partial charge in [-0.25, -0.2) is 0 Å². The minimum atomic E-state index is 0.631. The van der Waals surface area contributed by atoms with Gasteiger partial charge in [0, 0.05) is 34.5 Å². The standard InChI is InChI=1S/C54H89NOS/c1-3-12-36(13-4-1)38-24-28-43(29-25-38)55(44-30-26-39(27-31-44)37-14-5-2-6-15-37)45-19-10-17-41(35-45)40-16-9-18-42(34-40)46-21-11-22-47-48-32-33-51-52(54(48)56-53(46)47)49-20-7-8-23-50(49)57-51/h36-54H,1-35H2. The first-order chi connectivity index (χ1) is 28.2. The Bertz CT molecular complexity index is 1240. The van der Waals surface area contributed by atoms with Gasteiger partial charge in [-0.15, -0.1) is 0 Å². The fourth-order valence-corrected chi connectivity index (χ4v) is 21.0. The van der Waals surface area contributed by atoms with Gasteiger partial charge in [0.15, 0.2) is 0 Å². The molecule has 0 aromatic carbocycles. The van der Waals surface area contributed by atoms with E-state index in [4.69, 9.17) is 4.74 Å². The van der Waals surface area contributed by atoms with Crippen LogP contribution in [-0.2, 0) is 4.74 Å². The molecule has 11 aliphatic rings. The van der Waals surface area contributed by atoms with Gasteiger partial charge in [-0.05, 0) is 174 Å². The van der Waals surface area contributed by atoms with Crippen LogP contribution in [0.4, 0.5) is 0 Å². The summed E-state index contributed by atoms with van der Waals surface area (Å²) in [5.41, 5.74) is 0. The molecule has 11 fully saturated rings. The van der Waals surface area contributed by atoms with Gasteiger partial charge in [0.05, 0.1) is 12.2 Å². The van der Waals surface area contributed by atoms with Gasteiger partial charge in [0.1, 0.15) is 0 Å². The molecule has 2 nitrogen and oxygen atoms in total. The Balaban J connectivity index is 0.759. The van der Waals surface area contributed by atoms with E-state index in [0.29, 0.717) is 12.2 Å². The second-order valence-corrected chi connectivity index (χ2v) is 25.4. The molecule has 2 aliphatic heterocycles. The van der Waals surface area contributed by atoms with E-state index in [-0.39, 0.29) is 0 Å². The highest BCUT2D eigenvalue weighted by molar-refractivity contribution is 8.00. The molecule has 0 radical (unpaired) electrons. The largest absolute Gasteiger partial charge is 0.374 e. The third-order valence-corrected chi connectivity index (χ3v) is 23.3. The lowest BCUT2D eigenvalue weighted by molar-refractivity contribution is -0.0773. The van der Waals surface area contributed by atoms with Crippen LogP contribution in [0.1, 0.15) is 225 Å². The predicted octanol–water partition coefficient (Wildman–Crippen LogP) is 14.8. The zero-order chi connectivity index (χ0) is 37.7. The van der Waals surface area contributed by atoms with E-state index >= 15 is 0 Å². The van der Waals surface area contributed by atoms with E-state index in [9.17, 15) is 0 Å². The normalized spacial score (nSPS) is 50.2. The zero-order valence-electron chi connectivity index (χ0n) is 37.0. The van der Waals surface area contributed by atoms with Crippen molar-refractivity contribution in [2.45, 2.75) is 266 Å². The summed E-state index contributed by atoms with van der Waals surface area (Å²) in [4.78, 5) is 3.38. The molecule has 2 heterocycles. The van der Waals surface area contributed by atoms with Crippen LogP contribution in [0, 0.1) is 71.0 Å². The molecule has 13 unspecified atom stereocenters. The average Bonchev–Trinajstić information content (AvgIpc) is 3.86. The summed E-state index contributed by atoms with van der Waals surface area (Å²) in [6.45, 7) is 0. The predicted molar refractivity (Wildman–Crippen MR) is 241 cm³/mol. The Morgan fingerprint density at radius 2 is 0.807 bits per heavy atom. The van der Waals surface area contributed by atoms with Gasteiger partial charge < -0.3 is 4.74 Å². The van der Waals surface area contributed by atoms with Gasteiger partial charge in [-0.1, -0.05) is 116 Å². The van der Waals surface area contributed by atoms with E-state index in [2.05, 4.69) is 16.7 Å². The smallest absolute Gasteiger partial charge is 0.0652 e. The van der Waals surface area contributed by atoms with Gasteiger partial charge in [-0.2, -0.15) is 11.8 Å². The fourth-order valence-electron chi connectivity index (χ4n) is 18.9. The number of hydrogen-bond donors (Lipinski definition) is 0. The molecule has 13 atom stereocenters. The third kappa shape index (κ3) is 8.19. The maximum Gasteiger partial charge on any atom is 0.0652 e. The lowest BCUT2D eigenvalue weighted by atomic mass is 9.60. The second kappa shape index (κ2) is 18.2. The number of thioether (sulfide) groups is 1. The van der Waals surface area contributed by atoms with E-state index in [1.807, 2.05) is 0 Å². The summed E-state index contributed by atoms with van der Waals surface area (Å²) in [5.74, 6) is 11.9. The Kier molecular flexibility index (Phi) is 12.8. The van der Waals surface area contributed by atoms with Crippen molar-refractivity contribution >= 4 is 11.8 Å². The number of rotatable bonds is 7. The molecule has 3 heteroatoms. The van der Waals surface area contributed by atoms with Gasteiger partial charge >= 0.3 is 0 Å². The Morgan fingerprint density at radius 3 is 1.51 bits per heavy atom. The van der Waals surface area contributed by atoms with Gasteiger partial charge in [-0.3, -0.25) is 4.90 Å². The van der Waals surface area contributed by atoms with E-state index in [1.165, 1.54) is 122 Å². The van der Waals surface area contributed by atoms with Crippen molar-refractivity contribution in [2.24, 2.45) is 71.0 Å². The molecular formula is C54H89NOS. The fraction of sp³-hybridized carbons (Fsp3) is 1.00. The molecule has 0 N–H and O–H groups in total. The van der Waals surface area contributed by atoms with Crippen molar-refractivity contribution in [1.29, 1.82) is 0 Å². The molecule has 11 rings (SSSR count). The van der Waals surface area contributed by atoms with Crippen LogP contribution in [0.25, 0.3) is 0 Å². The molecule has 9 saturated carbocycles. The summed E-state index contributed by atoms with van der Waals surface area (Å²) in [6, 6.07) is 2.72. The summed E-state index contributed by atoms with van der Waals surface area (Å²) in [5, 5.41) is 1.92. The molecule has 9 aliphatic carbocycles. The Hall–Kier alpha value is 0.270. The highest BCUT2D eigenvalue weighted by Crippen LogP contribution is 2.62. The first kappa shape index (κ1) is 40.1. The molecule has 0 amide bonds. The minimum Gasteiger partial charge on any atom is -0.374 e. The molecular weight excluding hydrogens is 711 g/mol. The molecule has 0 bridgehead atoms. The lowest BCUT2D eigenvalue weighted by Gasteiger charge is -2.52. The molecule has 0 aromatic heterocycles. The van der Waals surface area contributed by atoms with Crippen molar-refractivity contribution in [3.05, 3.63) is 0 Å². The summed E-state index contributed by atoms with van der Waals surface area (Å²) in [7, 11) is 0. The number of hydrogen-bond acceptors (Lipinski definition) is 3. The van der Waals surface area contributed by atoms with E-state index in [0.717, 1.165) is 99.6 Å². The SMILES string of the molecule is C1CCC(C2CCC(N(C3CCC(C4CCCCC4)CC3)C3CCCC(C4CCCC(C5CCCC6C7CCC8SC9CCCCC9C8C7OC56)C4)C3)CC2)CC1. The van der Waals surface area contributed by atoms with Gasteiger partial charge in [0.25, 0.3) is 0 Å². The summed E-state index contributed by atoms with van der Waals surface area (Å²) in [6.07, 6.45) is 55.1. The third-order valence-electron chi connectivity index (χ3n) is 21.5. The number of nitrogens with zero attached hydrogens (tertiary/aromatic N) is 1. The van der Waals surface area contributed by atoms with Crippen molar-refractivity contribution in [2.75, 3.05) is 0 Å². The van der Waals surface area contributed by atoms with Crippen molar-refractivity contribution in [3.8, 4) is 0 Å². The van der Waals surface area contributed by atoms with Crippen molar-refractivity contribution < 1.29 is 4.74 Å². The topological polar surface area (TPSA) is 12.5 Å². The number of fused-ring (bicyclic) bond motifs is 7. The Morgan fingerprint density at radius 1 is 0.298 bits per heavy atom. The van der Waals surface area contributed by atoms with Crippen molar-refractivity contribution in [1.82, 2.24) is 4.90 Å². The maximum atomic E-state index is 7.63. The average molecular weight is 800 g/mol. The molecule has 0 spiro atoms. The molecule has 0 aromatic rings. The number of ether oxygens (including phenoxy) is 1. The maximum absolute atomic E-state index is 7.63. The highest BCUT2D eigenvalue weighted by atomic mass is 32.2. The molecule has 2 saturated heterocycles. The minimum absolute atomic E-state index is 0.631. The monoisotopic (exact) mass is 800 g/mol. The molecule has 322 valence electrons. The van der Waals surface area contributed by atoms with E-state index < -0.39 is 0 Å². The van der Waals surface area contributed by atoms with Gasteiger partial charge in [0.2, 0.25) is 0 Å². The second-order valence-electron chi connectivity index (χ2n) is 24.0. The van der Waals surface area contributed by atoms with E-state index in [1.54, 1.807) is 103 Å². The first-order valence-corrected chi connectivity index (χ1v) is 28.3. The van der Waals surface area contributed by atoms with Crippen LogP contribution < -0.4 is 0 Å². The van der Waals surface area contributed by atoms with Crippen LogP contribution in [0.15, 0.2) is 0 Å². The van der Waals surface area contributed by atoms with Crippen LogP contribution >= 0.6 is 11.8 Å². The quantitative estimate of drug-likeness (QED) is 0.255. The molecule has 57 heavy (non-hydrogen) atoms. The highest BCUT2D eigenvalue weighted by Gasteiger charge is 2.60. The van der Waals surface area contributed by atoms with Crippen molar-refractivity contribution in [3.63, 3.8) is 0 Å². The summed E-state index contributed by atoms with van der Waals surface area (Å²) < 4.78 is 7.63. The lowest BCUT2D eigenvalue weighted by Crippen LogP contribution is -2.54. The van der Waals surface area contributed by atoms with Crippen LogP contribution in [0.5, 0.6) is 0 Å². The first-order valence-electron chi connectivity index (χ1n) is 27.3. The van der Waals surface area contributed by atoms with Crippen LogP contribution in [0.3, 0.4) is 0 Å². The summed E-state index contributed by atoms with van der Waals surface area (Å²) >= 11 is 2.45.